The number of rotatable bonds is 0. The fourth-order valence-corrected chi connectivity index (χ4v) is 5.60. The predicted octanol–water partition coefficient (Wildman–Crippen LogP) is 3.85. The predicted molar refractivity (Wildman–Crippen MR) is 84.7 cm³/mol. The van der Waals surface area contributed by atoms with E-state index in [0.29, 0.717) is 11.8 Å². The lowest BCUT2D eigenvalue weighted by molar-refractivity contribution is 0.164. The lowest BCUT2D eigenvalue weighted by Crippen LogP contribution is -2.26. The summed E-state index contributed by atoms with van der Waals surface area (Å²) in [4.78, 5) is 17.0. The van der Waals surface area contributed by atoms with Gasteiger partial charge in [-0.2, -0.15) is 4.98 Å². The second-order valence-electron chi connectivity index (χ2n) is 7.10. The maximum atomic E-state index is 12.6. The smallest absolute Gasteiger partial charge is 0.276 e. The third-order valence-corrected chi connectivity index (χ3v) is 6.27. The van der Waals surface area contributed by atoms with E-state index < -0.39 is 0 Å². The minimum atomic E-state index is 0.0329. The maximum absolute atomic E-state index is 12.6. The summed E-state index contributed by atoms with van der Waals surface area (Å²) in [7, 11) is 0. The van der Waals surface area contributed by atoms with Crippen LogP contribution < -0.4 is 5.56 Å². The summed E-state index contributed by atoms with van der Waals surface area (Å²) in [5.74, 6) is 2.64. The molecule has 0 aromatic carbocycles. The Hall–Kier alpha value is -1.16. The van der Waals surface area contributed by atoms with Crippen LogP contribution in [0.5, 0.6) is 0 Å². The lowest BCUT2D eigenvalue weighted by Gasteiger charge is -2.38. The lowest BCUT2D eigenvalue weighted by atomic mass is 9.67. The van der Waals surface area contributed by atoms with Gasteiger partial charge in [-0.1, -0.05) is 0 Å². The van der Waals surface area contributed by atoms with Gasteiger partial charge in [0.1, 0.15) is 5.65 Å². The van der Waals surface area contributed by atoms with E-state index >= 15 is 0 Å². The first-order valence-electron chi connectivity index (χ1n) is 7.90. The number of fused-ring (bicyclic) bond motifs is 1. The Labute approximate surface area is 131 Å². The van der Waals surface area contributed by atoms with E-state index in [4.69, 9.17) is 0 Å². The van der Waals surface area contributed by atoms with Gasteiger partial charge in [-0.15, -0.1) is 0 Å². The number of hydrogen-bond donors (Lipinski definition) is 0. The van der Waals surface area contributed by atoms with Crippen molar-refractivity contribution in [2.75, 3.05) is 0 Å². The highest BCUT2D eigenvalue weighted by Crippen LogP contribution is 2.55. The van der Waals surface area contributed by atoms with Gasteiger partial charge in [0.25, 0.3) is 5.56 Å². The van der Waals surface area contributed by atoms with Gasteiger partial charge in [-0.3, -0.25) is 4.79 Å². The molecule has 6 rings (SSSR count). The molecule has 2 aromatic heterocycles. The van der Waals surface area contributed by atoms with Crippen molar-refractivity contribution < 1.29 is 0 Å². The van der Waals surface area contributed by atoms with E-state index in [-0.39, 0.29) is 5.56 Å². The third-order valence-electron chi connectivity index (χ3n) is 5.81. The monoisotopic (exact) mass is 344 g/mol. The fraction of sp³-hybridized carbons (Fsp3) is 0.529. The van der Waals surface area contributed by atoms with Gasteiger partial charge in [0.15, 0.2) is 0 Å². The third kappa shape index (κ3) is 1.71. The van der Waals surface area contributed by atoms with Crippen LogP contribution in [-0.2, 0) is 0 Å². The zero-order valence-electron chi connectivity index (χ0n) is 11.8. The van der Waals surface area contributed by atoms with Crippen molar-refractivity contribution in [3.05, 3.63) is 44.4 Å². The molecule has 2 unspecified atom stereocenters. The molecule has 2 aromatic rings. The summed E-state index contributed by atoms with van der Waals surface area (Å²) in [6.45, 7) is 0. The van der Waals surface area contributed by atoms with Crippen LogP contribution in [0.25, 0.3) is 5.65 Å². The van der Waals surface area contributed by atoms with Crippen LogP contribution in [0.15, 0.2) is 27.6 Å². The molecule has 2 atom stereocenters. The number of nitrogens with zero attached hydrogens (tertiary/aromatic N) is 2. The van der Waals surface area contributed by atoms with Gasteiger partial charge in [-0.05, 0) is 77.9 Å². The Morgan fingerprint density at radius 3 is 2.52 bits per heavy atom. The summed E-state index contributed by atoms with van der Waals surface area (Å²) in [5, 5.41) is 0. The second kappa shape index (κ2) is 4.19. The second-order valence-corrected chi connectivity index (χ2v) is 8.01. The Bertz CT molecular complexity index is 798. The average Bonchev–Trinajstić information content (AvgIpc) is 2.62. The Kier molecular flexibility index (Phi) is 2.47. The highest BCUT2D eigenvalue weighted by Gasteiger charge is 2.44. The molecular formula is C17H17BrN2O. The molecule has 0 saturated heterocycles. The van der Waals surface area contributed by atoms with Crippen molar-refractivity contribution in [1.29, 1.82) is 0 Å². The highest BCUT2D eigenvalue weighted by atomic mass is 79.9. The molecule has 108 valence electrons. The van der Waals surface area contributed by atoms with Crippen LogP contribution in [0.3, 0.4) is 0 Å². The normalized spacial score (nSPS) is 33.2. The van der Waals surface area contributed by atoms with Gasteiger partial charge >= 0.3 is 0 Å². The molecule has 4 aliphatic carbocycles. The minimum Gasteiger partial charge on any atom is -0.304 e. The number of aromatic nitrogens is 2. The van der Waals surface area contributed by atoms with E-state index in [0.717, 1.165) is 27.5 Å². The van der Waals surface area contributed by atoms with E-state index in [1.54, 1.807) is 0 Å². The van der Waals surface area contributed by atoms with Gasteiger partial charge in [0.2, 0.25) is 0 Å². The Morgan fingerprint density at radius 2 is 1.76 bits per heavy atom. The SMILES string of the molecule is O=c1nc2ccc(Br)cn2c2c1C1CC3CC(C1)CC2C3. The molecule has 0 aliphatic heterocycles. The molecule has 4 bridgehead atoms. The molecule has 2 saturated carbocycles. The number of halogens is 1. The number of hydrogen-bond acceptors (Lipinski definition) is 2. The van der Waals surface area contributed by atoms with Crippen LogP contribution in [0.1, 0.15) is 55.2 Å². The van der Waals surface area contributed by atoms with Crippen LogP contribution in [0.4, 0.5) is 0 Å². The highest BCUT2D eigenvalue weighted by molar-refractivity contribution is 9.10. The zero-order valence-corrected chi connectivity index (χ0v) is 13.3. The first-order valence-corrected chi connectivity index (χ1v) is 8.70. The molecule has 0 spiro atoms. The van der Waals surface area contributed by atoms with Crippen LogP contribution >= 0.6 is 15.9 Å². The van der Waals surface area contributed by atoms with Gasteiger partial charge < -0.3 is 4.40 Å². The van der Waals surface area contributed by atoms with E-state index in [9.17, 15) is 4.79 Å². The molecule has 0 N–H and O–H groups in total. The molecule has 2 fully saturated rings. The molecule has 4 aliphatic rings. The summed E-state index contributed by atoms with van der Waals surface area (Å²) >= 11 is 3.56. The molecule has 0 radical (unpaired) electrons. The molecule has 0 amide bonds. The standard InChI is InChI=1S/C17H17BrN2O/c18-13-1-2-14-19-17(21)15-11-4-9-3-10(5-11)7-12(6-9)16(15)20(14)8-13/h1-2,8-12H,3-7H2. The quantitative estimate of drug-likeness (QED) is 0.727. The van der Waals surface area contributed by atoms with Gasteiger partial charge in [0.05, 0.1) is 0 Å². The topological polar surface area (TPSA) is 34.4 Å². The molecule has 4 heteroatoms. The number of pyridine rings is 1. The van der Waals surface area contributed by atoms with E-state index in [1.165, 1.54) is 37.8 Å². The summed E-state index contributed by atoms with van der Waals surface area (Å²) in [5.41, 5.74) is 3.15. The minimum absolute atomic E-state index is 0.0329. The first kappa shape index (κ1) is 12.4. The van der Waals surface area contributed by atoms with Gasteiger partial charge in [-0.25, -0.2) is 0 Å². The molecule has 21 heavy (non-hydrogen) atoms. The molecule has 2 heterocycles. The molecular weight excluding hydrogens is 328 g/mol. The molecule has 3 nitrogen and oxygen atoms in total. The Morgan fingerprint density at radius 1 is 1.05 bits per heavy atom. The van der Waals surface area contributed by atoms with E-state index in [2.05, 4.69) is 31.5 Å². The summed E-state index contributed by atoms with van der Waals surface area (Å²) < 4.78 is 3.24. The van der Waals surface area contributed by atoms with Crippen molar-refractivity contribution >= 4 is 21.6 Å². The first-order chi connectivity index (χ1) is 10.2. The maximum Gasteiger partial charge on any atom is 0.276 e. The van der Waals surface area contributed by atoms with Gasteiger partial charge in [0, 0.05) is 27.8 Å². The fourth-order valence-electron chi connectivity index (χ4n) is 5.26. The van der Waals surface area contributed by atoms with Crippen LogP contribution in [0, 0.1) is 11.8 Å². The average molecular weight is 345 g/mol. The van der Waals surface area contributed by atoms with Crippen LogP contribution in [-0.4, -0.2) is 9.38 Å². The zero-order chi connectivity index (χ0) is 14.1. The van der Waals surface area contributed by atoms with E-state index in [1.807, 2.05) is 12.1 Å². The largest absolute Gasteiger partial charge is 0.304 e. The Balaban J connectivity index is 1.89. The summed E-state index contributed by atoms with van der Waals surface area (Å²) in [6, 6.07) is 3.91. The van der Waals surface area contributed by atoms with Crippen molar-refractivity contribution in [2.45, 2.75) is 43.9 Å². The van der Waals surface area contributed by atoms with Crippen molar-refractivity contribution in [3.8, 4) is 0 Å². The van der Waals surface area contributed by atoms with Crippen molar-refractivity contribution in [3.63, 3.8) is 0 Å². The summed E-state index contributed by atoms with van der Waals surface area (Å²) in [6.07, 6.45) is 8.41. The van der Waals surface area contributed by atoms with Crippen molar-refractivity contribution in [1.82, 2.24) is 9.38 Å². The van der Waals surface area contributed by atoms with Crippen LogP contribution in [0.2, 0.25) is 0 Å². The van der Waals surface area contributed by atoms with Crippen molar-refractivity contribution in [2.24, 2.45) is 11.8 Å².